The molecule has 0 heterocycles. The Morgan fingerprint density at radius 2 is 2.18 bits per heavy atom. The molecule has 6 heteroatoms. The predicted octanol–water partition coefficient (Wildman–Crippen LogP) is 1.58. The highest BCUT2D eigenvalue weighted by Gasteiger charge is 2.06. The van der Waals surface area contributed by atoms with E-state index in [2.05, 4.69) is 26.0 Å². The molecule has 3 N–H and O–H groups in total. The summed E-state index contributed by atoms with van der Waals surface area (Å²) in [5, 5.41) is 2.61. The maximum absolute atomic E-state index is 11.7. The van der Waals surface area contributed by atoms with Crippen LogP contribution in [0.15, 0.2) is 22.7 Å². The fourth-order valence-corrected chi connectivity index (χ4v) is 1.45. The Kier molecular flexibility index (Phi) is 4.96. The van der Waals surface area contributed by atoms with Crippen molar-refractivity contribution in [3.63, 3.8) is 0 Å². The van der Waals surface area contributed by atoms with Crippen molar-refractivity contribution in [3.8, 4) is 0 Å². The van der Waals surface area contributed by atoms with Crippen LogP contribution in [-0.4, -0.2) is 25.2 Å². The average molecular weight is 301 g/mol. The van der Waals surface area contributed by atoms with Gasteiger partial charge in [0.25, 0.3) is 5.91 Å². The molecular formula is C11H13BrN2O3. The van der Waals surface area contributed by atoms with Crippen molar-refractivity contribution in [2.45, 2.75) is 6.92 Å². The summed E-state index contributed by atoms with van der Waals surface area (Å²) in [6.07, 6.45) is -0.848. The average Bonchev–Trinajstić information content (AvgIpc) is 2.27. The SMILES string of the molecule is Cc1cc(C(=O)NCCOC(N)=O)ccc1Br. The number of hydrogen-bond acceptors (Lipinski definition) is 3. The first-order valence-corrected chi connectivity index (χ1v) is 5.76. The molecule has 1 aromatic rings. The van der Waals surface area contributed by atoms with Gasteiger partial charge in [-0.25, -0.2) is 4.79 Å². The van der Waals surface area contributed by atoms with Crippen LogP contribution >= 0.6 is 15.9 Å². The van der Waals surface area contributed by atoms with Gasteiger partial charge in [0.05, 0.1) is 6.54 Å². The highest BCUT2D eigenvalue weighted by atomic mass is 79.9. The highest BCUT2D eigenvalue weighted by molar-refractivity contribution is 9.10. The molecule has 0 fully saturated rings. The number of halogens is 1. The van der Waals surface area contributed by atoms with E-state index in [0.29, 0.717) is 5.56 Å². The van der Waals surface area contributed by atoms with Gasteiger partial charge < -0.3 is 15.8 Å². The van der Waals surface area contributed by atoms with Crippen LogP contribution in [0.1, 0.15) is 15.9 Å². The van der Waals surface area contributed by atoms with E-state index < -0.39 is 6.09 Å². The van der Waals surface area contributed by atoms with E-state index in [1.807, 2.05) is 13.0 Å². The zero-order chi connectivity index (χ0) is 12.8. The normalized spacial score (nSPS) is 9.76. The number of nitrogens with one attached hydrogen (secondary N) is 1. The number of rotatable bonds is 4. The Morgan fingerprint density at radius 3 is 2.76 bits per heavy atom. The Balaban J connectivity index is 2.47. The van der Waals surface area contributed by atoms with Crippen LogP contribution in [0.4, 0.5) is 4.79 Å². The fourth-order valence-electron chi connectivity index (χ4n) is 1.20. The Bertz CT molecular complexity index is 435. The van der Waals surface area contributed by atoms with Crippen LogP contribution in [0.3, 0.4) is 0 Å². The summed E-state index contributed by atoms with van der Waals surface area (Å²) in [6.45, 7) is 2.20. The Labute approximate surface area is 107 Å². The summed E-state index contributed by atoms with van der Waals surface area (Å²) in [5.74, 6) is -0.214. The second-order valence-electron chi connectivity index (χ2n) is 3.39. The number of nitrogens with two attached hydrogens (primary N) is 1. The number of amides is 2. The van der Waals surface area contributed by atoms with Crippen LogP contribution in [0.2, 0.25) is 0 Å². The topological polar surface area (TPSA) is 81.4 Å². The van der Waals surface area contributed by atoms with Gasteiger partial charge in [0.2, 0.25) is 0 Å². The number of carbonyl (C=O) groups excluding carboxylic acids is 2. The molecule has 92 valence electrons. The van der Waals surface area contributed by atoms with Gasteiger partial charge in [-0.05, 0) is 30.7 Å². The predicted molar refractivity (Wildman–Crippen MR) is 66.7 cm³/mol. The quantitative estimate of drug-likeness (QED) is 0.828. The number of benzene rings is 1. The van der Waals surface area contributed by atoms with E-state index in [1.165, 1.54) is 0 Å². The lowest BCUT2D eigenvalue weighted by atomic mass is 10.1. The van der Waals surface area contributed by atoms with Crippen molar-refractivity contribution < 1.29 is 14.3 Å². The van der Waals surface area contributed by atoms with E-state index in [4.69, 9.17) is 5.73 Å². The lowest BCUT2D eigenvalue weighted by Gasteiger charge is -2.06. The first-order valence-electron chi connectivity index (χ1n) is 4.97. The third-order valence-corrected chi connectivity index (χ3v) is 2.94. The van der Waals surface area contributed by atoms with Gasteiger partial charge in [-0.15, -0.1) is 0 Å². The minimum absolute atomic E-state index is 0.0661. The summed E-state index contributed by atoms with van der Waals surface area (Å²) in [5.41, 5.74) is 6.32. The molecule has 0 saturated carbocycles. The number of carbonyl (C=O) groups is 2. The van der Waals surface area contributed by atoms with Crippen molar-refractivity contribution >= 4 is 27.9 Å². The number of primary amides is 1. The third-order valence-electron chi connectivity index (χ3n) is 2.05. The van der Waals surface area contributed by atoms with Crippen molar-refractivity contribution in [2.75, 3.05) is 13.2 Å². The minimum atomic E-state index is -0.848. The van der Waals surface area contributed by atoms with Gasteiger partial charge in [0, 0.05) is 10.0 Å². The van der Waals surface area contributed by atoms with E-state index in [0.717, 1.165) is 10.0 Å². The highest BCUT2D eigenvalue weighted by Crippen LogP contribution is 2.16. The fraction of sp³-hybridized carbons (Fsp3) is 0.273. The number of ether oxygens (including phenoxy) is 1. The molecule has 0 spiro atoms. The number of hydrogen-bond donors (Lipinski definition) is 2. The lowest BCUT2D eigenvalue weighted by molar-refractivity contribution is 0.0936. The maximum atomic E-state index is 11.7. The van der Waals surface area contributed by atoms with E-state index in [-0.39, 0.29) is 19.1 Å². The van der Waals surface area contributed by atoms with Crippen LogP contribution in [0.5, 0.6) is 0 Å². The molecule has 0 unspecified atom stereocenters. The van der Waals surface area contributed by atoms with Gasteiger partial charge in [0.1, 0.15) is 6.61 Å². The molecular weight excluding hydrogens is 288 g/mol. The molecule has 0 aromatic heterocycles. The zero-order valence-electron chi connectivity index (χ0n) is 9.33. The molecule has 0 atom stereocenters. The van der Waals surface area contributed by atoms with Crippen molar-refractivity contribution in [1.29, 1.82) is 0 Å². The van der Waals surface area contributed by atoms with Crippen LogP contribution in [0, 0.1) is 6.92 Å². The van der Waals surface area contributed by atoms with E-state index in [9.17, 15) is 9.59 Å². The second kappa shape index (κ2) is 6.24. The Morgan fingerprint density at radius 1 is 1.47 bits per heavy atom. The second-order valence-corrected chi connectivity index (χ2v) is 4.24. The molecule has 0 aliphatic heterocycles. The molecule has 5 nitrogen and oxygen atoms in total. The maximum Gasteiger partial charge on any atom is 0.404 e. The number of aryl methyl sites for hydroxylation is 1. The molecule has 17 heavy (non-hydrogen) atoms. The smallest absolute Gasteiger partial charge is 0.404 e. The molecule has 0 aliphatic carbocycles. The molecule has 0 saturated heterocycles. The standard InChI is InChI=1S/C11H13BrN2O3/c1-7-6-8(2-3-9(7)12)10(15)14-4-5-17-11(13)16/h2-3,6H,4-5H2,1H3,(H2,13,16)(H,14,15). The largest absolute Gasteiger partial charge is 0.448 e. The monoisotopic (exact) mass is 300 g/mol. The minimum Gasteiger partial charge on any atom is -0.448 e. The van der Waals surface area contributed by atoms with Crippen LogP contribution in [-0.2, 0) is 4.74 Å². The zero-order valence-corrected chi connectivity index (χ0v) is 10.9. The summed E-state index contributed by atoms with van der Waals surface area (Å²) in [4.78, 5) is 21.9. The van der Waals surface area contributed by atoms with Gasteiger partial charge in [-0.2, -0.15) is 0 Å². The van der Waals surface area contributed by atoms with E-state index in [1.54, 1.807) is 12.1 Å². The summed E-state index contributed by atoms with van der Waals surface area (Å²) in [6, 6.07) is 5.29. The van der Waals surface area contributed by atoms with Crippen molar-refractivity contribution in [3.05, 3.63) is 33.8 Å². The Hall–Kier alpha value is -1.56. The van der Waals surface area contributed by atoms with Gasteiger partial charge >= 0.3 is 6.09 Å². The first kappa shape index (κ1) is 13.5. The summed E-state index contributed by atoms with van der Waals surface area (Å²) in [7, 11) is 0. The summed E-state index contributed by atoms with van der Waals surface area (Å²) >= 11 is 3.36. The van der Waals surface area contributed by atoms with E-state index >= 15 is 0 Å². The molecule has 0 radical (unpaired) electrons. The molecule has 0 bridgehead atoms. The van der Waals surface area contributed by atoms with Crippen molar-refractivity contribution in [2.24, 2.45) is 5.73 Å². The first-order chi connectivity index (χ1) is 8.00. The van der Waals surface area contributed by atoms with Gasteiger partial charge in [-0.3, -0.25) is 4.79 Å². The summed E-state index contributed by atoms with van der Waals surface area (Å²) < 4.78 is 5.44. The third kappa shape index (κ3) is 4.44. The van der Waals surface area contributed by atoms with Crippen molar-refractivity contribution in [1.82, 2.24) is 5.32 Å². The van der Waals surface area contributed by atoms with Gasteiger partial charge in [-0.1, -0.05) is 15.9 Å². The van der Waals surface area contributed by atoms with Gasteiger partial charge in [0.15, 0.2) is 0 Å². The molecule has 0 aliphatic rings. The molecule has 1 aromatic carbocycles. The van der Waals surface area contributed by atoms with Crippen LogP contribution in [0.25, 0.3) is 0 Å². The molecule has 2 amide bonds. The molecule has 1 rings (SSSR count). The van der Waals surface area contributed by atoms with Crippen LogP contribution < -0.4 is 11.1 Å². The lowest BCUT2D eigenvalue weighted by Crippen LogP contribution is -2.29.